The van der Waals surface area contributed by atoms with Crippen LogP contribution in [0.4, 0.5) is 11.4 Å². The Balaban J connectivity index is 1.90. The van der Waals surface area contributed by atoms with Crippen LogP contribution in [0.3, 0.4) is 0 Å². The molecule has 1 atom stereocenters. The van der Waals surface area contributed by atoms with Gasteiger partial charge in [0.2, 0.25) is 5.91 Å². The van der Waals surface area contributed by atoms with Gasteiger partial charge in [-0.1, -0.05) is 6.07 Å². The molecule has 1 aliphatic heterocycles. The average Bonchev–Trinajstić information content (AvgIpc) is 2.42. The second-order valence-corrected chi connectivity index (χ2v) is 4.86. The molecule has 1 saturated heterocycles. The minimum atomic E-state index is -0.457. The SMILES string of the molecule is Cc1ccc(NC(=O)CN2CCOC(C#N)C2)c(N)c1. The second kappa shape index (κ2) is 6.37. The maximum Gasteiger partial charge on any atom is 0.238 e. The molecule has 6 heteroatoms. The number of hydrogen-bond acceptors (Lipinski definition) is 5. The first-order valence-corrected chi connectivity index (χ1v) is 6.48. The van der Waals surface area contributed by atoms with Crippen molar-refractivity contribution in [2.45, 2.75) is 13.0 Å². The molecule has 0 spiro atoms. The number of nitrogens with one attached hydrogen (secondary N) is 1. The van der Waals surface area contributed by atoms with Crippen LogP contribution in [0.2, 0.25) is 0 Å². The Bertz CT molecular complexity index is 538. The van der Waals surface area contributed by atoms with Crippen LogP contribution in [0.25, 0.3) is 0 Å². The molecule has 1 heterocycles. The molecule has 3 N–H and O–H groups in total. The summed E-state index contributed by atoms with van der Waals surface area (Å²) < 4.78 is 5.23. The van der Waals surface area contributed by atoms with Crippen LogP contribution < -0.4 is 11.1 Å². The van der Waals surface area contributed by atoms with Crippen LogP contribution in [0, 0.1) is 18.3 Å². The highest BCUT2D eigenvalue weighted by molar-refractivity contribution is 5.95. The molecule has 2 rings (SSSR count). The Kier molecular flexibility index (Phi) is 4.56. The quantitative estimate of drug-likeness (QED) is 0.793. The largest absolute Gasteiger partial charge is 0.397 e. The second-order valence-electron chi connectivity index (χ2n) is 4.86. The molecule has 1 amide bonds. The van der Waals surface area contributed by atoms with E-state index in [-0.39, 0.29) is 12.5 Å². The summed E-state index contributed by atoms with van der Waals surface area (Å²) in [5.74, 6) is -0.140. The number of nitrogens with zero attached hydrogens (tertiary/aromatic N) is 2. The molecule has 0 bridgehead atoms. The number of morpholine rings is 1. The van der Waals surface area contributed by atoms with Gasteiger partial charge >= 0.3 is 0 Å². The van der Waals surface area contributed by atoms with E-state index in [1.807, 2.05) is 24.0 Å². The third kappa shape index (κ3) is 3.70. The van der Waals surface area contributed by atoms with Crippen LogP contribution in [-0.4, -0.2) is 43.2 Å². The van der Waals surface area contributed by atoms with E-state index < -0.39 is 6.10 Å². The van der Waals surface area contributed by atoms with Crippen LogP contribution >= 0.6 is 0 Å². The number of ether oxygens (including phenoxy) is 1. The Hall–Kier alpha value is -2.10. The predicted molar refractivity (Wildman–Crippen MR) is 76.0 cm³/mol. The molecule has 6 nitrogen and oxygen atoms in total. The maximum absolute atomic E-state index is 12.0. The fourth-order valence-corrected chi connectivity index (χ4v) is 2.11. The van der Waals surface area contributed by atoms with Crippen LogP contribution in [0.5, 0.6) is 0 Å². The van der Waals surface area contributed by atoms with Crippen LogP contribution in [-0.2, 0) is 9.53 Å². The molecule has 0 aromatic heterocycles. The van der Waals surface area contributed by atoms with Gasteiger partial charge < -0.3 is 15.8 Å². The summed E-state index contributed by atoms with van der Waals surface area (Å²) in [7, 11) is 0. The van der Waals surface area contributed by atoms with Gasteiger partial charge in [-0.2, -0.15) is 5.26 Å². The molecule has 0 saturated carbocycles. The number of carbonyl (C=O) groups is 1. The average molecular weight is 274 g/mol. The standard InChI is InChI=1S/C14H18N4O2/c1-10-2-3-13(12(16)6-10)17-14(19)9-18-4-5-20-11(7-15)8-18/h2-3,6,11H,4-5,8-9,16H2,1H3,(H,17,19). The van der Waals surface area contributed by atoms with E-state index in [9.17, 15) is 4.79 Å². The third-order valence-corrected chi connectivity index (χ3v) is 3.14. The summed E-state index contributed by atoms with van der Waals surface area (Å²) in [6.45, 7) is 3.74. The number of nitrogens with two attached hydrogens (primary N) is 1. The number of carbonyl (C=O) groups excluding carboxylic acids is 1. The Morgan fingerprint density at radius 3 is 3.15 bits per heavy atom. The van der Waals surface area contributed by atoms with Gasteiger partial charge in [-0.15, -0.1) is 0 Å². The molecule has 0 aliphatic carbocycles. The summed E-state index contributed by atoms with van der Waals surface area (Å²) in [6, 6.07) is 7.56. The minimum absolute atomic E-state index is 0.140. The first kappa shape index (κ1) is 14.3. The summed E-state index contributed by atoms with van der Waals surface area (Å²) in [6.07, 6.45) is -0.457. The first-order valence-electron chi connectivity index (χ1n) is 6.48. The van der Waals surface area contributed by atoms with Crippen molar-refractivity contribution in [2.24, 2.45) is 0 Å². The lowest BCUT2D eigenvalue weighted by atomic mass is 10.2. The van der Waals surface area contributed by atoms with E-state index in [1.165, 1.54) is 0 Å². The van der Waals surface area contributed by atoms with E-state index in [2.05, 4.69) is 11.4 Å². The molecule has 1 aliphatic rings. The van der Waals surface area contributed by atoms with Crippen molar-refractivity contribution in [1.82, 2.24) is 4.90 Å². The van der Waals surface area contributed by atoms with E-state index in [1.54, 1.807) is 6.07 Å². The topological polar surface area (TPSA) is 91.4 Å². The summed E-state index contributed by atoms with van der Waals surface area (Å²) >= 11 is 0. The van der Waals surface area contributed by atoms with Crippen molar-refractivity contribution < 1.29 is 9.53 Å². The third-order valence-electron chi connectivity index (χ3n) is 3.14. The monoisotopic (exact) mass is 274 g/mol. The lowest BCUT2D eigenvalue weighted by Gasteiger charge is -2.28. The summed E-state index contributed by atoms with van der Waals surface area (Å²) in [5, 5.41) is 11.6. The highest BCUT2D eigenvalue weighted by Crippen LogP contribution is 2.19. The lowest BCUT2D eigenvalue weighted by Crippen LogP contribution is -2.45. The normalized spacial score (nSPS) is 19.3. The van der Waals surface area contributed by atoms with Gasteiger partial charge in [0.1, 0.15) is 0 Å². The van der Waals surface area contributed by atoms with Crippen molar-refractivity contribution >= 4 is 17.3 Å². The number of nitriles is 1. The van der Waals surface area contributed by atoms with E-state index in [0.29, 0.717) is 31.1 Å². The van der Waals surface area contributed by atoms with Gasteiger partial charge in [0.25, 0.3) is 0 Å². The van der Waals surface area contributed by atoms with Gasteiger partial charge in [-0.05, 0) is 24.6 Å². The molecule has 1 fully saturated rings. The molecule has 20 heavy (non-hydrogen) atoms. The molecular formula is C14H18N4O2. The predicted octanol–water partition coefficient (Wildman–Crippen LogP) is 0.740. The van der Waals surface area contributed by atoms with E-state index in [0.717, 1.165) is 5.56 Å². The minimum Gasteiger partial charge on any atom is -0.397 e. The van der Waals surface area contributed by atoms with Gasteiger partial charge in [-0.25, -0.2) is 0 Å². The number of hydrogen-bond donors (Lipinski definition) is 2. The number of benzene rings is 1. The van der Waals surface area contributed by atoms with Crippen LogP contribution in [0.1, 0.15) is 5.56 Å². The zero-order valence-corrected chi connectivity index (χ0v) is 11.4. The Labute approximate surface area is 118 Å². The Morgan fingerprint density at radius 2 is 2.45 bits per heavy atom. The number of aryl methyl sites for hydroxylation is 1. The van der Waals surface area contributed by atoms with Crippen molar-refractivity contribution in [3.8, 4) is 6.07 Å². The van der Waals surface area contributed by atoms with E-state index in [4.69, 9.17) is 15.7 Å². The van der Waals surface area contributed by atoms with Gasteiger partial charge in [0.05, 0.1) is 30.6 Å². The van der Waals surface area contributed by atoms with Gasteiger partial charge in [0, 0.05) is 13.1 Å². The highest BCUT2D eigenvalue weighted by atomic mass is 16.5. The summed E-state index contributed by atoms with van der Waals surface area (Å²) in [5.41, 5.74) is 8.07. The van der Waals surface area contributed by atoms with Crippen molar-refractivity contribution in [2.75, 3.05) is 37.3 Å². The van der Waals surface area contributed by atoms with Crippen LogP contribution in [0.15, 0.2) is 18.2 Å². The molecule has 1 aromatic carbocycles. The van der Waals surface area contributed by atoms with E-state index >= 15 is 0 Å². The van der Waals surface area contributed by atoms with Gasteiger partial charge in [-0.3, -0.25) is 9.69 Å². The molecule has 1 aromatic rings. The number of anilines is 2. The number of nitrogen functional groups attached to an aromatic ring is 1. The fraction of sp³-hybridized carbons (Fsp3) is 0.429. The molecule has 106 valence electrons. The van der Waals surface area contributed by atoms with Crippen molar-refractivity contribution in [3.05, 3.63) is 23.8 Å². The fourth-order valence-electron chi connectivity index (χ4n) is 2.11. The molecular weight excluding hydrogens is 256 g/mol. The maximum atomic E-state index is 12.0. The first-order chi connectivity index (χ1) is 9.58. The van der Waals surface area contributed by atoms with Crippen molar-refractivity contribution in [1.29, 1.82) is 5.26 Å². The number of amides is 1. The van der Waals surface area contributed by atoms with Crippen molar-refractivity contribution in [3.63, 3.8) is 0 Å². The number of rotatable bonds is 3. The highest BCUT2D eigenvalue weighted by Gasteiger charge is 2.21. The smallest absolute Gasteiger partial charge is 0.238 e. The molecule has 0 radical (unpaired) electrons. The van der Waals surface area contributed by atoms with Gasteiger partial charge in [0.15, 0.2) is 6.10 Å². The molecule has 1 unspecified atom stereocenters. The summed E-state index contributed by atoms with van der Waals surface area (Å²) in [4.78, 5) is 13.9. The zero-order chi connectivity index (χ0) is 14.5. The zero-order valence-electron chi connectivity index (χ0n) is 11.4. The Morgan fingerprint density at radius 1 is 1.65 bits per heavy atom. The lowest BCUT2D eigenvalue weighted by molar-refractivity contribution is -0.118.